The average Bonchev–Trinajstić information content (AvgIpc) is 2.91. The van der Waals surface area contributed by atoms with E-state index in [0.717, 1.165) is 11.3 Å². The Labute approximate surface area is 152 Å². The number of ether oxygens (including phenoxy) is 2. The van der Waals surface area contributed by atoms with Crippen molar-refractivity contribution in [2.75, 3.05) is 6.79 Å². The van der Waals surface area contributed by atoms with Crippen LogP contribution in [0.4, 0.5) is 4.39 Å². The van der Waals surface area contributed by atoms with Crippen LogP contribution in [0.3, 0.4) is 0 Å². The molecule has 3 rings (SSSR count). The molecular weight excluding hydrogens is 347 g/mol. The van der Waals surface area contributed by atoms with Crippen molar-refractivity contribution in [3.63, 3.8) is 0 Å². The van der Waals surface area contributed by atoms with Gasteiger partial charge in [-0.25, -0.2) is 4.39 Å². The number of fused-ring (bicyclic) bond motifs is 1. The van der Waals surface area contributed by atoms with Gasteiger partial charge in [-0.3, -0.25) is 0 Å². The number of hydrogen-bond donors (Lipinski definition) is 0. The smallest absolute Gasteiger partial charge is 0.231 e. The quantitative estimate of drug-likeness (QED) is 0.606. The molecule has 0 aliphatic carbocycles. The fourth-order valence-electron chi connectivity index (χ4n) is 4.31. The molecule has 25 heavy (non-hydrogen) atoms. The van der Waals surface area contributed by atoms with E-state index < -0.39 is 16.1 Å². The average molecular weight is 375 g/mol. The molecule has 0 aromatic heterocycles. The summed E-state index contributed by atoms with van der Waals surface area (Å²) in [5.74, 6) is 1.25. The molecule has 2 aromatic carbocycles. The van der Waals surface area contributed by atoms with Crippen LogP contribution in [0.2, 0.25) is 39.3 Å². The van der Waals surface area contributed by atoms with E-state index in [4.69, 9.17) is 9.47 Å². The minimum absolute atomic E-state index is 0.155. The van der Waals surface area contributed by atoms with Gasteiger partial charge in [0, 0.05) is 21.7 Å². The third-order valence-electron chi connectivity index (χ3n) is 4.74. The molecule has 0 unspecified atom stereocenters. The highest BCUT2D eigenvalue weighted by Crippen LogP contribution is 2.39. The van der Waals surface area contributed by atoms with Gasteiger partial charge in [0.1, 0.15) is 5.82 Å². The third kappa shape index (κ3) is 3.67. The largest absolute Gasteiger partial charge is 0.454 e. The van der Waals surface area contributed by atoms with Gasteiger partial charge < -0.3 is 9.47 Å². The van der Waals surface area contributed by atoms with Crippen molar-refractivity contribution in [2.24, 2.45) is 0 Å². The van der Waals surface area contributed by atoms with Crippen LogP contribution in [0, 0.1) is 5.82 Å². The van der Waals surface area contributed by atoms with Crippen LogP contribution in [0.25, 0.3) is 11.1 Å². The molecule has 0 radical (unpaired) electrons. The number of halogens is 1. The Morgan fingerprint density at radius 3 is 2.08 bits per heavy atom. The number of rotatable bonds is 4. The lowest BCUT2D eigenvalue weighted by Crippen LogP contribution is -2.46. The van der Waals surface area contributed by atoms with Gasteiger partial charge >= 0.3 is 0 Å². The van der Waals surface area contributed by atoms with E-state index in [2.05, 4.69) is 45.3 Å². The Bertz CT molecular complexity index is 777. The minimum atomic E-state index is -1.44. The summed E-state index contributed by atoms with van der Waals surface area (Å²) in [6.07, 6.45) is 0. The van der Waals surface area contributed by atoms with Crippen LogP contribution < -0.4 is 9.47 Å². The first-order valence-electron chi connectivity index (χ1n) is 8.77. The summed E-state index contributed by atoms with van der Waals surface area (Å²) < 4.78 is 25.7. The summed E-state index contributed by atoms with van der Waals surface area (Å²) >= 11 is 0. The highest BCUT2D eigenvalue weighted by atomic mass is 28.4. The molecule has 5 heteroatoms. The number of benzene rings is 2. The van der Waals surface area contributed by atoms with E-state index in [1.54, 1.807) is 6.07 Å². The second-order valence-electron chi connectivity index (χ2n) is 8.97. The van der Waals surface area contributed by atoms with Crippen molar-refractivity contribution >= 4 is 16.1 Å². The molecule has 2 aromatic rings. The van der Waals surface area contributed by atoms with Crippen molar-refractivity contribution in [3.05, 3.63) is 47.8 Å². The first-order valence-corrected chi connectivity index (χ1v) is 15.9. The Morgan fingerprint density at radius 1 is 0.840 bits per heavy atom. The zero-order valence-electron chi connectivity index (χ0n) is 15.9. The summed E-state index contributed by atoms with van der Waals surface area (Å²) in [5, 5.41) is 0.528. The predicted octanol–water partition coefficient (Wildman–Crippen LogP) is 6.06. The van der Waals surface area contributed by atoms with E-state index in [1.807, 2.05) is 24.3 Å². The second kappa shape index (κ2) is 6.29. The van der Waals surface area contributed by atoms with E-state index in [-0.39, 0.29) is 12.6 Å². The van der Waals surface area contributed by atoms with Crippen LogP contribution in [0.1, 0.15) is 10.7 Å². The molecule has 0 saturated carbocycles. The Kier molecular flexibility index (Phi) is 4.58. The Hall–Kier alpha value is -1.60. The second-order valence-corrected chi connectivity index (χ2v) is 20.2. The standard InChI is InChI=1S/C20H27FO2Si2/c1-24(2,3)20(25(4,5)6)15-7-9-16(17(21)11-15)14-8-10-18-19(12-14)23-13-22-18/h7-12,20H,13H2,1-6H3. The van der Waals surface area contributed by atoms with Gasteiger partial charge in [0.15, 0.2) is 11.5 Å². The van der Waals surface area contributed by atoms with Crippen LogP contribution in [0.15, 0.2) is 36.4 Å². The molecule has 1 aliphatic heterocycles. The maximum Gasteiger partial charge on any atom is 0.231 e. The van der Waals surface area contributed by atoms with Crippen molar-refractivity contribution in [3.8, 4) is 22.6 Å². The maximum atomic E-state index is 15.0. The third-order valence-corrected chi connectivity index (χ3v) is 14.1. The Morgan fingerprint density at radius 2 is 1.48 bits per heavy atom. The predicted molar refractivity (Wildman–Crippen MR) is 107 cm³/mol. The van der Waals surface area contributed by atoms with Gasteiger partial charge in [-0.2, -0.15) is 0 Å². The van der Waals surface area contributed by atoms with Gasteiger partial charge in [0.05, 0.1) is 0 Å². The molecule has 0 spiro atoms. The molecular formula is C20H27FO2Si2. The molecule has 0 atom stereocenters. The topological polar surface area (TPSA) is 18.5 Å². The van der Waals surface area contributed by atoms with E-state index >= 15 is 0 Å². The summed E-state index contributed by atoms with van der Waals surface area (Å²) in [7, 11) is -2.88. The van der Waals surface area contributed by atoms with Crippen molar-refractivity contribution < 1.29 is 13.9 Å². The molecule has 134 valence electrons. The molecule has 0 amide bonds. The van der Waals surface area contributed by atoms with Gasteiger partial charge in [-0.15, -0.1) is 0 Å². The fourth-order valence-corrected chi connectivity index (χ4v) is 17.1. The highest BCUT2D eigenvalue weighted by molar-refractivity contribution is 6.96. The van der Waals surface area contributed by atoms with Crippen LogP contribution in [-0.4, -0.2) is 22.9 Å². The summed E-state index contributed by atoms with van der Waals surface area (Å²) in [4.78, 5) is 0. The van der Waals surface area contributed by atoms with E-state index in [0.29, 0.717) is 16.5 Å². The first kappa shape index (κ1) is 18.2. The highest BCUT2D eigenvalue weighted by Gasteiger charge is 2.38. The lowest BCUT2D eigenvalue weighted by Gasteiger charge is -2.39. The molecule has 0 bridgehead atoms. The maximum absolute atomic E-state index is 15.0. The zero-order chi connectivity index (χ0) is 18.4. The molecule has 2 nitrogen and oxygen atoms in total. The SMILES string of the molecule is C[Si](C)(C)C(c1ccc(-c2ccc3c(c2)OCO3)c(F)c1)[Si](C)(C)C. The lowest BCUT2D eigenvalue weighted by molar-refractivity contribution is 0.174. The van der Waals surface area contributed by atoms with Crippen LogP contribution in [0.5, 0.6) is 11.5 Å². The summed E-state index contributed by atoms with van der Waals surface area (Å²) in [6.45, 7) is 14.6. The number of hydrogen-bond acceptors (Lipinski definition) is 2. The summed E-state index contributed by atoms with van der Waals surface area (Å²) in [5.41, 5.74) is 2.61. The molecule has 1 aliphatic rings. The molecule has 0 saturated heterocycles. The molecule has 1 heterocycles. The van der Waals surface area contributed by atoms with Gasteiger partial charge in [0.25, 0.3) is 0 Å². The van der Waals surface area contributed by atoms with Crippen molar-refractivity contribution in [1.82, 2.24) is 0 Å². The van der Waals surface area contributed by atoms with Crippen molar-refractivity contribution in [2.45, 2.75) is 44.4 Å². The monoisotopic (exact) mass is 374 g/mol. The van der Waals surface area contributed by atoms with Gasteiger partial charge in [-0.1, -0.05) is 57.5 Å². The normalized spacial score (nSPS) is 14.2. The molecule has 0 fully saturated rings. The van der Waals surface area contributed by atoms with Gasteiger partial charge in [-0.05, 0) is 34.5 Å². The summed E-state index contributed by atoms with van der Waals surface area (Å²) in [6, 6.07) is 11.4. The lowest BCUT2D eigenvalue weighted by atomic mass is 10.0. The Balaban J connectivity index is 2.01. The van der Waals surface area contributed by atoms with Crippen molar-refractivity contribution in [1.29, 1.82) is 0 Å². The van der Waals surface area contributed by atoms with E-state index in [1.165, 1.54) is 5.56 Å². The van der Waals surface area contributed by atoms with Crippen LogP contribution in [-0.2, 0) is 0 Å². The molecule has 0 N–H and O–H groups in total. The van der Waals surface area contributed by atoms with Gasteiger partial charge in [0.2, 0.25) is 6.79 Å². The van der Waals surface area contributed by atoms with E-state index in [9.17, 15) is 4.39 Å². The van der Waals surface area contributed by atoms with Crippen LogP contribution >= 0.6 is 0 Å². The zero-order valence-corrected chi connectivity index (χ0v) is 17.9. The first-order chi connectivity index (χ1) is 11.6. The minimum Gasteiger partial charge on any atom is -0.454 e. The fraction of sp³-hybridized carbons (Fsp3) is 0.400.